The van der Waals surface area contributed by atoms with Gasteiger partial charge in [-0.1, -0.05) is 13.0 Å². The van der Waals surface area contributed by atoms with Crippen molar-refractivity contribution in [2.24, 2.45) is 5.92 Å². The molecule has 1 saturated carbocycles. The van der Waals surface area contributed by atoms with Crippen LogP contribution >= 0.6 is 0 Å². The maximum absolute atomic E-state index is 15.2. The number of halogens is 3. The average molecular weight is 534 g/mol. The normalized spacial score (nSPS) is 22.7. The summed E-state index contributed by atoms with van der Waals surface area (Å²) in [5.74, 6) is 0.162. The number of carbonyl (C=O) groups excluding carboxylic acids is 1. The van der Waals surface area contributed by atoms with Gasteiger partial charge in [0.05, 0.1) is 17.9 Å². The minimum atomic E-state index is -3.05. The van der Waals surface area contributed by atoms with Crippen molar-refractivity contribution in [1.82, 2.24) is 29.9 Å². The molecule has 2 bridgehead atoms. The molecule has 3 aliphatic rings. The van der Waals surface area contributed by atoms with E-state index in [1.165, 1.54) is 22.8 Å². The first-order valence-corrected chi connectivity index (χ1v) is 12.4. The summed E-state index contributed by atoms with van der Waals surface area (Å²) >= 11 is 0. The molecule has 2 aliphatic carbocycles. The second-order valence-electron chi connectivity index (χ2n) is 10.0. The van der Waals surface area contributed by atoms with Crippen molar-refractivity contribution in [3.05, 3.63) is 70.8 Å². The van der Waals surface area contributed by atoms with Gasteiger partial charge >= 0.3 is 6.61 Å². The van der Waals surface area contributed by atoms with Crippen LogP contribution in [-0.4, -0.2) is 37.1 Å². The zero-order chi connectivity index (χ0) is 27.4. The third-order valence-electron chi connectivity index (χ3n) is 7.64. The van der Waals surface area contributed by atoms with Crippen molar-refractivity contribution in [3.8, 4) is 23.6 Å². The monoisotopic (exact) mass is 533 g/mol. The number of fused-ring (bicyclic) bond motifs is 9. The Kier molecular flexibility index (Phi) is 5.94. The SMILES string of the molecule is C#N.CC1CC(c2ncc(-c3nc4c5c(nn4cc3F)C3CC5c4c(OC(F)F)cccc4C(=O)N3)cn2)C1. The van der Waals surface area contributed by atoms with Gasteiger partial charge in [-0.15, -0.1) is 0 Å². The largest absolute Gasteiger partial charge is 0.434 e. The Labute approximate surface area is 220 Å². The summed E-state index contributed by atoms with van der Waals surface area (Å²) in [6, 6.07) is 4.03. The number of nitrogens with one attached hydrogen (secondary N) is 1. The molecule has 7 rings (SSSR count). The van der Waals surface area contributed by atoms with E-state index in [4.69, 9.17) is 10.00 Å². The summed E-state index contributed by atoms with van der Waals surface area (Å²) in [5, 5.41) is 13.9. The minimum absolute atomic E-state index is 0.0721. The number of hydrogen-bond donors (Lipinski definition) is 1. The molecule has 2 unspecified atom stereocenters. The van der Waals surface area contributed by atoms with E-state index >= 15 is 4.39 Å². The molecule has 1 aromatic carbocycles. The fraction of sp³-hybridized carbons (Fsp3) is 0.333. The summed E-state index contributed by atoms with van der Waals surface area (Å²) in [7, 11) is 0. The lowest BCUT2D eigenvalue weighted by molar-refractivity contribution is -0.0505. The summed E-state index contributed by atoms with van der Waals surface area (Å²) in [6.45, 7) is 2.63. The van der Waals surface area contributed by atoms with E-state index in [1.807, 2.05) is 0 Å². The molecule has 198 valence electrons. The number of nitrogens with zero attached hydrogens (tertiary/aromatic N) is 6. The van der Waals surface area contributed by atoms with E-state index in [-0.39, 0.29) is 17.0 Å². The highest BCUT2D eigenvalue weighted by atomic mass is 19.3. The van der Waals surface area contributed by atoms with E-state index < -0.39 is 30.3 Å². The molecule has 1 aliphatic heterocycles. The Morgan fingerprint density at radius 1 is 1.15 bits per heavy atom. The molecule has 3 aromatic heterocycles. The third kappa shape index (κ3) is 3.96. The maximum atomic E-state index is 15.2. The summed E-state index contributed by atoms with van der Waals surface area (Å²) in [6.07, 6.45) is 6.88. The first kappa shape index (κ1) is 24.8. The van der Waals surface area contributed by atoms with Gasteiger partial charge in [-0.25, -0.2) is 29.1 Å². The van der Waals surface area contributed by atoms with Crippen molar-refractivity contribution >= 4 is 11.6 Å². The van der Waals surface area contributed by atoms with Crippen LogP contribution in [0.3, 0.4) is 0 Å². The second-order valence-corrected chi connectivity index (χ2v) is 10.0. The molecule has 39 heavy (non-hydrogen) atoms. The highest BCUT2D eigenvalue weighted by molar-refractivity contribution is 5.98. The van der Waals surface area contributed by atoms with Crippen molar-refractivity contribution in [3.63, 3.8) is 0 Å². The zero-order valence-electron chi connectivity index (χ0n) is 20.7. The van der Waals surface area contributed by atoms with Crippen LogP contribution in [0.4, 0.5) is 13.2 Å². The molecule has 1 fully saturated rings. The molecule has 2 atom stereocenters. The highest BCUT2D eigenvalue weighted by Crippen LogP contribution is 2.51. The number of amides is 1. The van der Waals surface area contributed by atoms with E-state index in [9.17, 15) is 13.6 Å². The number of ether oxygens (including phenoxy) is 1. The van der Waals surface area contributed by atoms with Crippen molar-refractivity contribution < 1.29 is 22.7 Å². The van der Waals surface area contributed by atoms with E-state index in [0.717, 1.165) is 18.7 Å². The van der Waals surface area contributed by atoms with E-state index in [0.29, 0.717) is 46.3 Å². The highest BCUT2D eigenvalue weighted by Gasteiger charge is 2.44. The molecule has 4 aromatic rings. The van der Waals surface area contributed by atoms with Gasteiger partial charge in [0.25, 0.3) is 5.91 Å². The molecule has 0 saturated heterocycles. The van der Waals surface area contributed by atoms with Gasteiger partial charge in [0.2, 0.25) is 0 Å². The minimum Gasteiger partial charge on any atom is -0.434 e. The number of alkyl halides is 2. The van der Waals surface area contributed by atoms with Crippen LogP contribution in [0.25, 0.3) is 16.9 Å². The summed E-state index contributed by atoms with van der Waals surface area (Å²) in [4.78, 5) is 26.4. The maximum Gasteiger partial charge on any atom is 0.387 e. The predicted molar refractivity (Wildman–Crippen MR) is 132 cm³/mol. The topological polar surface area (TPSA) is 118 Å². The number of rotatable bonds is 4. The molecule has 9 nitrogen and oxygen atoms in total. The van der Waals surface area contributed by atoms with Crippen LogP contribution in [0.2, 0.25) is 0 Å². The third-order valence-corrected chi connectivity index (χ3v) is 7.64. The van der Waals surface area contributed by atoms with Gasteiger partial charge in [-0.2, -0.15) is 13.9 Å². The lowest BCUT2D eigenvalue weighted by Gasteiger charge is -2.31. The van der Waals surface area contributed by atoms with E-state index in [1.54, 1.807) is 18.5 Å². The molecule has 4 heterocycles. The lowest BCUT2D eigenvalue weighted by atomic mass is 9.76. The quantitative estimate of drug-likeness (QED) is 0.396. The molecule has 1 N–H and O–H groups in total. The van der Waals surface area contributed by atoms with Crippen molar-refractivity contribution in [2.75, 3.05) is 0 Å². The van der Waals surface area contributed by atoms with Crippen LogP contribution in [0.1, 0.15) is 77.1 Å². The van der Waals surface area contributed by atoms with Crippen molar-refractivity contribution in [1.29, 1.82) is 5.26 Å². The van der Waals surface area contributed by atoms with Crippen LogP contribution in [0.5, 0.6) is 5.75 Å². The van der Waals surface area contributed by atoms with Crippen LogP contribution in [0, 0.1) is 23.6 Å². The Morgan fingerprint density at radius 3 is 2.59 bits per heavy atom. The summed E-state index contributed by atoms with van der Waals surface area (Å²) < 4.78 is 47.8. The lowest BCUT2D eigenvalue weighted by Crippen LogP contribution is -2.27. The number of hydrogen-bond acceptors (Lipinski definition) is 7. The standard InChI is InChI=1S/C26H21F3N6O2.CHN/c1-11-5-12(6-11)23-30-8-13(9-31-23)21-16(27)10-35-24(33-21)20-15-7-17(22(20)34-35)32-25(36)14-3-2-4-18(19(14)15)37-26(28)29;1-2/h2-4,8-12,15,17,26H,5-7H2,1H3,(H,32,36);1H. The first-order chi connectivity index (χ1) is 18.9. The predicted octanol–water partition coefficient (Wildman–Crippen LogP) is 4.90. The fourth-order valence-electron chi connectivity index (χ4n) is 5.95. The molecule has 0 radical (unpaired) electrons. The Balaban J connectivity index is 0.00000135. The molecule has 12 heteroatoms. The number of nitriles is 1. The first-order valence-electron chi connectivity index (χ1n) is 12.4. The van der Waals surface area contributed by atoms with E-state index in [2.05, 4.69) is 38.9 Å². The second kappa shape index (κ2) is 9.34. The number of aromatic nitrogens is 5. The molecule has 1 amide bonds. The Bertz CT molecular complexity index is 1610. The van der Waals surface area contributed by atoms with Gasteiger partial charge in [0.15, 0.2) is 11.5 Å². The van der Waals surface area contributed by atoms with Crippen molar-refractivity contribution in [2.45, 2.75) is 50.7 Å². The number of benzene rings is 1. The zero-order valence-corrected chi connectivity index (χ0v) is 20.7. The van der Waals surface area contributed by atoms with Crippen LogP contribution < -0.4 is 10.1 Å². The Morgan fingerprint density at radius 2 is 1.90 bits per heavy atom. The van der Waals surface area contributed by atoms with Crippen LogP contribution in [-0.2, 0) is 0 Å². The fourth-order valence-corrected chi connectivity index (χ4v) is 5.95. The van der Waals surface area contributed by atoms with Gasteiger partial charge in [0, 0.05) is 53.1 Å². The molecule has 0 spiro atoms. The molecular weight excluding hydrogens is 511 g/mol. The number of carbonyl (C=O) groups is 1. The van der Waals surface area contributed by atoms with Gasteiger partial charge in [-0.3, -0.25) is 4.79 Å². The smallest absolute Gasteiger partial charge is 0.387 e. The molecular formula is C27H22F3N7O2. The average Bonchev–Trinajstić information content (AvgIpc) is 3.39. The van der Waals surface area contributed by atoms with Gasteiger partial charge in [0.1, 0.15) is 17.3 Å². The van der Waals surface area contributed by atoms with Gasteiger partial charge in [-0.05, 0) is 37.3 Å². The summed E-state index contributed by atoms with van der Waals surface area (Å²) in [5.41, 5.74) is 2.68. The van der Waals surface area contributed by atoms with Crippen LogP contribution in [0.15, 0.2) is 36.8 Å². The van der Waals surface area contributed by atoms with Gasteiger partial charge < -0.3 is 10.1 Å². The Hall–Kier alpha value is -4.53.